The molecule has 202 valence electrons. The molecule has 0 radical (unpaired) electrons. The van der Waals surface area contributed by atoms with Crippen molar-refractivity contribution >= 4 is 35.0 Å². The highest BCUT2D eigenvalue weighted by molar-refractivity contribution is 6.36. The second-order valence-corrected chi connectivity index (χ2v) is 10.6. The van der Waals surface area contributed by atoms with Crippen molar-refractivity contribution in [3.8, 4) is 5.75 Å². The zero-order chi connectivity index (χ0) is 27.8. The van der Waals surface area contributed by atoms with Gasteiger partial charge in [-0.2, -0.15) is 0 Å². The highest BCUT2D eigenvalue weighted by Crippen LogP contribution is 2.28. The molecule has 0 saturated carbocycles. The number of carbonyl (C=O) groups is 2. The predicted molar refractivity (Wildman–Crippen MR) is 155 cm³/mol. The summed E-state index contributed by atoms with van der Waals surface area (Å²) in [5.41, 5.74) is 4.62. The van der Waals surface area contributed by atoms with Crippen molar-refractivity contribution in [1.82, 2.24) is 10.2 Å². The summed E-state index contributed by atoms with van der Waals surface area (Å²) < 4.78 is 6.03. The Morgan fingerprint density at radius 3 is 2.26 bits per heavy atom. The summed E-state index contributed by atoms with van der Waals surface area (Å²) in [6.07, 6.45) is 1.10. The lowest BCUT2D eigenvalue weighted by molar-refractivity contribution is -0.143. The van der Waals surface area contributed by atoms with Crippen LogP contribution in [-0.4, -0.2) is 35.4 Å². The molecule has 2 atom stereocenters. The molecule has 0 heterocycles. The largest absolute Gasteiger partial charge is 0.483 e. The van der Waals surface area contributed by atoms with Crippen molar-refractivity contribution in [3.05, 3.63) is 98.5 Å². The van der Waals surface area contributed by atoms with Crippen LogP contribution < -0.4 is 10.1 Å². The first-order valence-corrected chi connectivity index (χ1v) is 13.6. The van der Waals surface area contributed by atoms with Crippen LogP contribution in [0.15, 0.2) is 60.7 Å². The summed E-state index contributed by atoms with van der Waals surface area (Å²) in [5.74, 6) is 0.0809. The maximum absolute atomic E-state index is 13.9. The van der Waals surface area contributed by atoms with Crippen LogP contribution in [0.25, 0.3) is 0 Å². The Kier molecular flexibility index (Phi) is 10.6. The molecule has 0 aliphatic carbocycles. The molecule has 3 aromatic rings. The van der Waals surface area contributed by atoms with Gasteiger partial charge >= 0.3 is 0 Å². The highest BCUT2D eigenvalue weighted by Gasteiger charge is 2.32. The maximum Gasteiger partial charge on any atom is 0.261 e. The van der Waals surface area contributed by atoms with Gasteiger partial charge in [0, 0.05) is 34.6 Å². The van der Waals surface area contributed by atoms with E-state index in [1.54, 1.807) is 18.2 Å². The van der Waals surface area contributed by atoms with Crippen LogP contribution in [0.1, 0.15) is 48.1 Å². The standard InChI is InChI=1S/C31H36Cl2N2O3/c1-6-22(4)34-31(37)28(17-24-11-8-7-9-12-24)35(18-25-26(32)13-10-14-27(25)33)30(36)19-38-29-16-20(2)15-21(3)23(29)5/h7-16,22,28H,6,17-19H2,1-5H3,(H,34,37)/t22-,28-/m1/s1. The average molecular weight is 556 g/mol. The van der Waals surface area contributed by atoms with Gasteiger partial charge in [0.25, 0.3) is 5.91 Å². The Morgan fingerprint density at radius 1 is 0.974 bits per heavy atom. The fourth-order valence-corrected chi connectivity index (χ4v) is 4.74. The first kappa shape index (κ1) is 29.5. The van der Waals surface area contributed by atoms with Gasteiger partial charge in [0.05, 0.1) is 0 Å². The molecule has 0 aromatic heterocycles. The normalized spacial score (nSPS) is 12.5. The lowest BCUT2D eigenvalue weighted by Gasteiger charge is -2.32. The Labute approximate surface area is 236 Å². The minimum absolute atomic E-state index is 0.0456. The second kappa shape index (κ2) is 13.7. The molecule has 3 aromatic carbocycles. The van der Waals surface area contributed by atoms with E-state index in [9.17, 15) is 9.59 Å². The summed E-state index contributed by atoms with van der Waals surface area (Å²) in [4.78, 5) is 29.0. The molecule has 0 aliphatic heterocycles. The van der Waals surface area contributed by atoms with E-state index in [-0.39, 0.29) is 31.0 Å². The molecule has 0 saturated heterocycles. The number of nitrogens with zero attached hydrogens (tertiary/aromatic N) is 1. The maximum atomic E-state index is 13.9. The summed E-state index contributed by atoms with van der Waals surface area (Å²) in [7, 11) is 0. The molecule has 1 N–H and O–H groups in total. The third-order valence-corrected chi connectivity index (χ3v) is 7.49. The van der Waals surface area contributed by atoms with Crippen molar-refractivity contribution < 1.29 is 14.3 Å². The Balaban J connectivity index is 1.99. The van der Waals surface area contributed by atoms with Crippen LogP contribution in [0.3, 0.4) is 0 Å². The topological polar surface area (TPSA) is 58.6 Å². The van der Waals surface area contributed by atoms with Crippen LogP contribution in [0.2, 0.25) is 10.0 Å². The van der Waals surface area contributed by atoms with Gasteiger partial charge in [0.1, 0.15) is 11.8 Å². The number of hydrogen-bond acceptors (Lipinski definition) is 3. The first-order chi connectivity index (χ1) is 18.1. The van der Waals surface area contributed by atoms with E-state index in [0.717, 1.165) is 28.7 Å². The molecule has 7 heteroatoms. The Bertz CT molecular complexity index is 1240. The molecule has 0 spiro atoms. The van der Waals surface area contributed by atoms with Crippen molar-refractivity contribution in [2.24, 2.45) is 0 Å². The third kappa shape index (κ3) is 7.75. The summed E-state index contributed by atoms with van der Waals surface area (Å²) in [6, 6.07) is 18.0. The zero-order valence-corrected chi connectivity index (χ0v) is 24.2. The lowest BCUT2D eigenvalue weighted by Crippen LogP contribution is -2.53. The van der Waals surface area contributed by atoms with Crippen LogP contribution in [0.4, 0.5) is 0 Å². The van der Waals surface area contributed by atoms with Gasteiger partial charge in [0.2, 0.25) is 5.91 Å². The van der Waals surface area contributed by atoms with Gasteiger partial charge in [-0.15, -0.1) is 0 Å². The fraction of sp³-hybridized carbons (Fsp3) is 0.355. The number of aryl methyl sites for hydroxylation is 2. The van der Waals surface area contributed by atoms with E-state index in [4.69, 9.17) is 27.9 Å². The third-order valence-electron chi connectivity index (χ3n) is 6.78. The van der Waals surface area contributed by atoms with Gasteiger partial charge in [-0.3, -0.25) is 9.59 Å². The van der Waals surface area contributed by atoms with Gasteiger partial charge < -0.3 is 15.0 Å². The number of amides is 2. The second-order valence-electron chi connectivity index (χ2n) is 9.74. The number of ether oxygens (including phenoxy) is 1. The number of rotatable bonds is 11. The van der Waals surface area contributed by atoms with Crippen LogP contribution in [0, 0.1) is 20.8 Å². The van der Waals surface area contributed by atoms with Crippen LogP contribution >= 0.6 is 23.2 Å². The van der Waals surface area contributed by atoms with E-state index in [1.807, 2.05) is 71.0 Å². The molecule has 5 nitrogen and oxygen atoms in total. The van der Waals surface area contributed by atoms with E-state index in [1.165, 1.54) is 4.90 Å². The van der Waals surface area contributed by atoms with Gasteiger partial charge in [-0.25, -0.2) is 0 Å². The van der Waals surface area contributed by atoms with E-state index >= 15 is 0 Å². The van der Waals surface area contributed by atoms with Gasteiger partial charge in [0.15, 0.2) is 6.61 Å². The molecular formula is C31H36Cl2N2O3. The molecule has 0 bridgehead atoms. The minimum atomic E-state index is -0.796. The van der Waals surface area contributed by atoms with E-state index in [2.05, 4.69) is 11.4 Å². The summed E-state index contributed by atoms with van der Waals surface area (Å²) >= 11 is 13.0. The van der Waals surface area contributed by atoms with Gasteiger partial charge in [-0.1, -0.05) is 72.6 Å². The number of benzene rings is 3. The average Bonchev–Trinajstić information content (AvgIpc) is 2.89. The van der Waals surface area contributed by atoms with Gasteiger partial charge in [-0.05, 0) is 74.6 Å². The smallest absolute Gasteiger partial charge is 0.261 e. The first-order valence-electron chi connectivity index (χ1n) is 12.9. The van der Waals surface area contributed by atoms with E-state index < -0.39 is 6.04 Å². The van der Waals surface area contributed by atoms with Crippen molar-refractivity contribution in [2.75, 3.05) is 6.61 Å². The number of nitrogens with one attached hydrogen (secondary N) is 1. The van der Waals surface area contributed by atoms with Crippen LogP contribution in [-0.2, 0) is 22.6 Å². The SMILES string of the molecule is CC[C@@H](C)NC(=O)[C@@H](Cc1ccccc1)N(Cc1c(Cl)cccc1Cl)C(=O)COc1cc(C)cc(C)c1C. The minimum Gasteiger partial charge on any atom is -0.483 e. The number of halogens is 2. The molecule has 0 fully saturated rings. The van der Waals surface area contributed by atoms with Crippen molar-refractivity contribution in [1.29, 1.82) is 0 Å². The molecule has 0 aliphatic rings. The fourth-order valence-electron chi connectivity index (χ4n) is 4.22. The number of hydrogen-bond donors (Lipinski definition) is 1. The molecule has 3 rings (SSSR count). The highest BCUT2D eigenvalue weighted by atomic mass is 35.5. The van der Waals surface area contributed by atoms with Crippen molar-refractivity contribution in [2.45, 2.75) is 66.1 Å². The molecule has 2 amide bonds. The summed E-state index contributed by atoms with van der Waals surface area (Å²) in [5, 5.41) is 3.92. The monoisotopic (exact) mass is 554 g/mol. The molecule has 38 heavy (non-hydrogen) atoms. The lowest BCUT2D eigenvalue weighted by atomic mass is 10.0. The predicted octanol–water partition coefficient (Wildman–Crippen LogP) is 6.85. The van der Waals surface area contributed by atoms with Crippen LogP contribution in [0.5, 0.6) is 5.75 Å². The quantitative estimate of drug-likeness (QED) is 0.282. The van der Waals surface area contributed by atoms with E-state index in [0.29, 0.717) is 27.8 Å². The Morgan fingerprint density at radius 2 is 1.63 bits per heavy atom. The number of carbonyl (C=O) groups excluding carboxylic acids is 2. The summed E-state index contributed by atoms with van der Waals surface area (Å²) in [6.45, 7) is 9.75. The molecule has 0 unspecified atom stereocenters. The Hall–Kier alpha value is -3.02. The van der Waals surface area contributed by atoms with Crippen molar-refractivity contribution in [3.63, 3.8) is 0 Å². The zero-order valence-electron chi connectivity index (χ0n) is 22.7. The molecular weight excluding hydrogens is 519 g/mol.